The molecule has 0 spiro atoms. The fourth-order valence-corrected chi connectivity index (χ4v) is 2.58. The third kappa shape index (κ3) is 4.57. The lowest BCUT2D eigenvalue weighted by molar-refractivity contribution is 0.358. The Labute approximate surface area is 115 Å². The van der Waals surface area contributed by atoms with Gasteiger partial charge in [-0.1, -0.05) is 0 Å². The standard InChI is InChI=1S/C11H23N5O2S/c1-12-5-6-16-10-11(9-13-16)19(17,18)15(4)8-7-14(2)3/h9-10,12H,5-8H2,1-4H3. The second kappa shape index (κ2) is 6.99. The lowest BCUT2D eigenvalue weighted by Crippen LogP contribution is -2.33. The molecule has 1 rings (SSSR count). The van der Waals surface area contributed by atoms with Crippen LogP contribution in [0.3, 0.4) is 0 Å². The highest BCUT2D eigenvalue weighted by Crippen LogP contribution is 2.12. The Morgan fingerprint density at radius 1 is 1.32 bits per heavy atom. The van der Waals surface area contributed by atoms with Gasteiger partial charge in [0.1, 0.15) is 4.90 Å². The van der Waals surface area contributed by atoms with E-state index in [1.807, 2.05) is 26.0 Å². The van der Waals surface area contributed by atoms with E-state index in [2.05, 4.69) is 10.4 Å². The number of rotatable bonds is 8. The van der Waals surface area contributed by atoms with Crippen molar-refractivity contribution in [3.05, 3.63) is 12.4 Å². The zero-order valence-electron chi connectivity index (χ0n) is 12.0. The highest BCUT2D eigenvalue weighted by atomic mass is 32.2. The molecule has 0 fully saturated rings. The molecule has 0 amide bonds. The lowest BCUT2D eigenvalue weighted by Gasteiger charge is -2.18. The summed E-state index contributed by atoms with van der Waals surface area (Å²) in [6.45, 7) is 2.53. The molecule has 110 valence electrons. The van der Waals surface area contributed by atoms with Crippen molar-refractivity contribution in [3.63, 3.8) is 0 Å². The van der Waals surface area contributed by atoms with Crippen molar-refractivity contribution in [3.8, 4) is 0 Å². The summed E-state index contributed by atoms with van der Waals surface area (Å²) in [5.41, 5.74) is 0. The van der Waals surface area contributed by atoms with Crippen molar-refractivity contribution in [1.82, 2.24) is 24.3 Å². The zero-order chi connectivity index (χ0) is 14.5. The number of hydrogen-bond donors (Lipinski definition) is 1. The summed E-state index contributed by atoms with van der Waals surface area (Å²) in [5, 5.41) is 7.05. The molecule has 0 radical (unpaired) electrons. The van der Waals surface area contributed by atoms with E-state index in [1.165, 1.54) is 10.5 Å². The van der Waals surface area contributed by atoms with Crippen LogP contribution >= 0.6 is 0 Å². The second-order valence-corrected chi connectivity index (χ2v) is 6.72. The Morgan fingerprint density at radius 2 is 2.00 bits per heavy atom. The number of likely N-dealkylation sites (N-methyl/N-ethyl adjacent to an activating group) is 3. The van der Waals surface area contributed by atoms with Gasteiger partial charge >= 0.3 is 0 Å². The van der Waals surface area contributed by atoms with Crippen LogP contribution < -0.4 is 5.32 Å². The summed E-state index contributed by atoms with van der Waals surface area (Å²) >= 11 is 0. The number of aromatic nitrogens is 2. The van der Waals surface area contributed by atoms with E-state index in [0.29, 0.717) is 19.6 Å². The van der Waals surface area contributed by atoms with E-state index in [-0.39, 0.29) is 4.90 Å². The van der Waals surface area contributed by atoms with E-state index in [1.54, 1.807) is 17.9 Å². The third-order valence-corrected chi connectivity index (χ3v) is 4.58. The summed E-state index contributed by atoms with van der Waals surface area (Å²) in [6, 6.07) is 0. The maximum Gasteiger partial charge on any atom is 0.245 e. The summed E-state index contributed by atoms with van der Waals surface area (Å²) in [6.07, 6.45) is 2.97. The van der Waals surface area contributed by atoms with Gasteiger partial charge in [0, 0.05) is 32.9 Å². The van der Waals surface area contributed by atoms with Gasteiger partial charge in [0.2, 0.25) is 10.0 Å². The van der Waals surface area contributed by atoms with Crippen LogP contribution in [-0.2, 0) is 16.6 Å². The Balaban J connectivity index is 2.73. The summed E-state index contributed by atoms with van der Waals surface area (Å²) in [7, 11) is 3.82. The molecule has 8 heteroatoms. The van der Waals surface area contributed by atoms with E-state index in [9.17, 15) is 8.42 Å². The summed E-state index contributed by atoms with van der Waals surface area (Å²) in [5.74, 6) is 0. The van der Waals surface area contributed by atoms with Gasteiger partial charge in [-0.05, 0) is 21.1 Å². The Bertz CT molecular complexity index is 483. The van der Waals surface area contributed by atoms with Gasteiger partial charge in [0.25, 0.3) is 0 Å². The normalized spacial score (nSPS) is 12.5. The molecule has 7 nitrogen and oxygen atoms in total. The fraction of sp³-hybridized carbons (Fsp3) is 0.727. The minimum Gasteiger partial charge on any atom is -0.318 e. The van der Waals surface area contributed by atoms with Crippen LogP contribution in [0, 0.1) is 0 Å². The van der Waals surface area contributed by atoms with Gasteiger partial charge in [0.05, 0.1) is 12.7 Å². The molecule has 0 aliphatic carbocycles. The minimum atomic E-state index is -3.44. The molecular weight excluding hydrogens is 266 g/mol. The molecule has 1 aromatic rings. The first-order valence-electron chi connectivity index (χ1n) is 6.16. The van der Waals surface area contributed by atoms with Crippen LogP contribution in [0.1, 0.15) is 0 Å². The predicted molar refractivity (Wildman–Crippen MR) is 74.5 cm³/mol. The average molecular weight is 289 g/mol. The molecule has 0 aliphatic heterocycles. The van der Waals surface area contributed by atoms with Crippen molar-refractivity contribution in [2.75, 3.05) is 47.8 Å². The van der Waals surface area contributed by atoms with Gasteiger partial charge in [-0.25, -0.2) is 8.42 Å². The van der Waals surface area contributed by atoms with Crippen molar-refractivity contribution in [2.45, 2.75) is 11.4 Å². The highest BCUT2D eigenvalue weighted by Gasteiger charge is 2.22. The summed E-state index contributed by atoms with van der Waals surface area (Å²) < 4.78 is 27.5. The Kier molecular flexibility index (Phi) is 5.92. The molecule has 0 aliphatic rings. The predicted octanol–water partition coefficient (Wildman–Crippen LogP) is -0.715. The van der Waals surface area contributed by atoms with E-state index < -0.39 is 10.0 Å². The minimum absolute atomic E-state index is 0.241. The average Bonchev–Trinajstić information content (AvgIpc) is 2.82. The number of sulfonamides is 1. The highest BCUT2D eigenvalue weighted by molar-refractivity contribution is 7.89. The van der Waals surface area contributed by atoms with Crippen LogP contribution in [0.4, 0.5) is 0 Å². The van der Waals surface area contributed by atoms with E-state index in [0.717, 1.165) is 6.54 Å². The number of nitrogens with one attached hydrogen (secondary N) is 1. The molecular formula is C11H23N5O2S. The first kappa shape index (κ1) is 16.1. The SMILES string of the molecule is CNCCn1cc(S(=O)(=O)N(C)CCN(C)C)cn1. The van der Waals surface area contributed by atoms with Crippen molar-refractivity contribution < 1.29 is 8.42 Å². The quantitative estimate of drug-likeness (QED) is 0.684. The molecule has 19 heavy (non-hydrogen) atoms. The van der Waals surface area contributed by atoms with Crippen LogP contribution in [0.5, 0.6) is 0 Å². The molecule has 0 aromatic carbocycles. The van der Waals surface area contributed by atoms with Crippen LogP contribution in [0.15, 0.2) is 17.3 Å². The fourth-order valence-electron chi connectivity index (χ4n) is 1.47. The topological polar surface area (TPSA) is 70.5 Å². The number of hydrogen-bond acceptors (Lipinski definition) is 5. The molecule has 0 saturated carbocycles. The van der Waals surface area contributed by atoms with Gasteiger partial charge in [-0.15, -0.1) is 0 Å². The molecule has 1 aromatic heterocycles. The van der Waals surface area contributed by atoms with Crippen LogP contribution in [-0.4, -0.2) is 75.2 Å². The first-order chi connectivity index (χ1) is 8.87. The smallest absolute Gasteiger partial charge is 0.245 e. The Morgan fingerprint density at radius 3 is 2.58 bits per heavy atom. The van der Waals surface area contributed by atoms with Crippen molar-refractivity contribution in [2.24, 2.45) is 0 Å². The third-order valence-electron chi connectivity index (χ3n) is 2.77. The zero-order valence-corrected chi connectivity index (χ0v) is 12.8. The number of nitrogens with zero attached hydrogens (tertiary/aromatic N) is 4. The maximum absolute atomic E-state index is 12.3. The van der Waals surface area contributed by atoms with E-state index in [4.69, 9.17) is 0 Å². The van der Waals surface area contributed by atoms with Crippen LogP contribution in [0.25, 0.3) is 0 Å². The monoisotopic (exact) mass is 289 g/mol. The van der Waals surface area contributed by atoms with Crippen LogP contribution in [0.2, 0.25) is 0 Å². The first-order valence-corrected chi connectivity index (χ1v) is 7.60. The van der Waals surface area contributed by atoms with Crippen molar-refractivity contribution >= 4 is 10.0 Å². The largest absolute Gasteiger partial charge is 0.318 e. The molecule has 0 bridgehead atoms. The molecule has 0 atom stereocenters. The maximum atomic E-state index is 12.3. The van der Waals surface area contributed by atoms with Gasteiger partial charge in [-0.2, -0.15) is 9.40 Å². The molecule has 1 N–H and O–H groups in total. The lowest BCUT2D eigenvalue weighted by atomic mass is 10.6. The van der Waals surface area contributed by atoms with Crippen molar-refractivity contribution in [1.29, 1.82) is 0 Å². The van der Waals surface area contributed by atoms with Gasteiger partial charge in [-0.3, -0.25) is 4.68 Å². The van der Waals surface area contributed by atoms with Gasteiger partial charge < -0.3 is 10.2 Å². The van der Waals surface area contributed by atoms with E-state index >= 15 is 0 Å². The molecule has 0 saturated heterocycles. The molecule has 1 heterocycles. The molecule has 0 unspecified atom stereocenters. The van der Waals surface area contributed by atoms with Gasteiger partial charge in [0.15, 0.2) is 0 Å². The summed E-state index contributed by atoms with van der Waals surface area (Å²) in [4.78, 5) is 2.19. The second-order valence-electron chi connectivity index (χ2n) is 4.67. The Hall–Kier alpha value is -0.960.